The fourth-order valence-corrected chi connectivity index (χ4v) is 3.30. The summed E-state index contributed by atoms with van der Waals surface area (Å²) in [5.74, 6) is 1.58. The molecule has 0 N–H and O–H groups in total. The van der Waals surface area contributed by atoms with Crippen molar-refractivity contribution < 1.29 is 9.47 Å². The van der Waals surface area contributed by atoms with E-state index in [9.17, 15) is 5.26 Å². The van der Waals surface area contributed by atoms with Gasteiger partial charge < -0.3 is 9.47 Å². The van der Waals surface area contributed by atoms with E-state index in [0.29, 0.717) is 12.2 Å². The second-order valence-corrected chi connectivity index (χ2v) is 5.62. The maximum atomic E-state index is 9.48. The number of nitriles is 1. The van der Waals surface area contributed by atoms with Gasteiger partial charge in [0.1, 0.15) is 0 Å². The summed E-state index contributed by atoms with van der Waals surface area (Å²) in [5.41, 5.74) is 1.35. The van der Waals surface area contributed by atoms with Crippen molar-refractivity contribution in [3.63, 3.8) is 0 Å². The molecule has 4 rings (SSSR count). The van der Waals surface area contributed by atoms with Gasteiger partial charge in [0, 0.05) is 0 Å². The van der Waals surface area contributed by atoms with E-state index in [0.717, 1.165) is 29.9 Å². The molecule has 1 aliphatic heterocycles. The third kappa shape index (κ3) is 1.16. The van der Waals surface area contributed by atoms with Crippen LogP contribution in [0.25, 0.3) is 0 Å². The Morgan fingerprint density at radius 2 is 1.88 bits per heavy atom. The molecule has 3 aliphatic rings. The summed E-state index contributed by atoms with van der Waals surface area (Å²) in [6, 6.07) is 8.45. The van der Waals surface area contributed by atoms with E-state index in [1.54, 1.807) is 0 Å². The zero-order valence-corrected chi connectivity index (χ0v) is 9.53. The molecule has 2 fully saturated rings. The van der Waals surface area contributed by atoms with Crippen molar-refractivity contribution in [2.75, 3.05) is 6.79 Å². The SMILES string of the molecule is N#CC1(c2ccc3c(c2)OCO3)CC2(CC2)C1. The maximum Gasteiger partial charge on any atom is 0.231 e. The van der Waals surface area contributed by atoms with Crippen LogP contribution in [0.2, 0.25) is 0 Å². The largest absolute Gasteiger partial charge is 0.454 e. The molecule has 1 aromatic carbocycles. The fraction of sp³-hybridized carbons (Fsp3) is 0.500. The Morgan fingerprint density at radius 1 is 1.12 bits per heavy atom. The van der Waals surface area contributed by atoms with E-state index in [2.05, 4.69) is 6.07 Å². The molecule has 0 saturated heterocycles. The van der Waals surface area contributed by atoms with Crippen LogP contribution in [0.3, 0.4) is 0 Å². The van der Waals surface area contributed by atoms with Crippen LogP contribution in [0, 0.1) is 16.7 Å². The third-order valence-corrected chi connectivity index (χ3v) is 4.45. The van der Waals surface area contributed by atoms with E-state index >= 15 is 0 Å². The van der Waals surface area contributed by atoms with Crippen LogP contribution in [-0.2, 0) is 5.41 Å². The molecular weight excluding hydrogens is 214 g/mol. The summed E-state index contributed by atoms with van der Waals surface area (Å²) in [6.07, 6.45) is 4.66. The van der Waals surface area contributed by atoms with E-state index in [1.165, 1.54) is 12.8 Å². The zero-order chi connectivity index (χ0) is 11.5. The molecule has 2 aliphatic carbocycles. The molecular formula is C14H13NO2. The summed E-state index contributed by atoms with van der Waals surface area (Å²) < 4.78 is 10.7. The summed E-state index contributed by atoms with van der Waals surface area (Å²) >= 11 is 0. The Hall–Kier alpha value is -1.69. The van der Waals surface area contributed by atoms with Gasteiger partial charge in [0.05, 0.1) is 11.5 Å². The zero-order valence-electron chi connectivity index (χ0n) is 9.53. The number of rotatable bonds is 1. The predicted octanol–water partition coefficient (Wildman–Crippen LogP) is 2.75. The Bertz CT molecular complexity index is 532. The monoisotopic (exact) mass is 227 g/mol. The molecule has 0 atom stereocenters. The summed E-state index contributed by atoms with van der Waals surface area (Å²) in [4.78, 5) is 0. The van der Waals surface area contributed by atoms with Gasteiger partial charge in [0.2, 0.25) is 6.79 Å². The van der Waals surface area contributed by atoms with Crippen molar-refractivity contribution in [1.82, 2.24) is 0 Å². The topological polar surface area (TPSA) is 42.2 Å². The number of fused-ring (bicyclic) bond motifs is 1. The molecule has 1 spiro atoms. The van der Waals surface area contributed by atoms with Gasteiger partial charge in [0.15, 0.2) is 11.5 Å². The molecule has 3 heteroatoms. The first kappa shape index (κ1) is 9.35. The quantitative estimate of drug-likeness (QED) is 0.740. The van der Waals surface area contributed by atoms with Crippen molar-refractivity contribution >= 4 is 0 Å². The molecule has 0 unspecified atom stereocenters. The van der Waals surface area contributed by atoms with Crippen molar-refractivity contribution in [3.8, 4) is 17.6 Å². The van der Waals surface area contributed by atoms with Crippen molar-refractivity contribution in [1.29, 1.82) is 5.26 Å². The number of ether oxygens (including phenoxy) is 2. The first-order chi connectivity index (χ1) is 8.25. The summed E-state index contributed by atoms with van der Waals surface area (Å²) in [5, 5.41) is 9.48. The maximum absolute atomic E-state index is 9.48. The van der Waals surface area contributed by atoms with E-state index in [4.69, 9.17) is 9.47 Å². The Kier molecular flexibility index (Phi) is 1.52. The van der Waals surface area contributed by atoms with Gasteiger partial charge in [-0.05, 0) is 48.8 Å². The summed E-state index contributed by atoms with van der Waals surface area (Å²) in [6.45, 7) is 0.294. The minimum atomic E-state index is -0.266. The summed E-state index contributed by atoms with van der Waals surface area (Å²) in [7, 11) is 0. The lowest BCUT2D eigenvalue weighted by atomic mass is 9.57. The molecule has 86 valence electrons. The van der Waals surface area contributed by atoms with Gasteiger partial charge >= 0.3 is 0 Å². The molecule has 3 nitrogen and oxygen atoms in total. The van der Waals surface area contributed by atoms with Crippen LogP contribution in [0.15, 0.2) is 18.2 Å². The highest BCUT2D eigenvalue weighted by molar-refractivity contribution is 5.50. The molecule has 0 bridgehead atoms. The molecule has 2 saturated carbocycles. The van der Waals surface area contributed by atoms with Crippen molar-refractivity contribution in [2.45, 2.75) is 31.1 Å². The fourth-order valence-electron chi connectivity index (χ4n) is 3.30. The minimum absolute atomic E-state index is 0.266. The molecule has 0 amide bonds. The average Bonchev–Trinajstić information content (AvgIpc) is 2.95. The Balaban J connectivity index is 1.72. The second-order valence-electron chi connectivity index (χ2n) is 5.62. The Morgan fingerprint density at radius 3 is 2.59 bits per heavy atom. The van der Waals surface area contributed by atoms with Crippen molar-refractivity contribution in [2.24, 2.45) is 5.41 Å². The van der Waals surface area contributed by atoms with Gasteiger partial charge in [-0.2, -0.15) is 5.26 Å². The normalized spacial score (nSPS) is 25.1. The van der Waals surface area contributed by atoms with Crippen LogP contribution in [-0.4, -0.2) is 6.79 Å². The molecule has 1 heterocycles. The van der Waals surface area contributed by atoms with Gasteiger partial charge in [-0.25, -0.2) is 0 Å². The molecule has 0 radical (unpaired) electrons. The van der Waals surface area contributed by atoms with Gasteiger partial charge in [0.25, 0.3) is 0 Å². The lowest BCUT2D eigenvalue weighted by molar-refractivity contribution is 0.169. The standard InChI is InChI=1S/C14H13NO2/c15-8-14(6-13(7-14)3-4-13)10-1-2-11-12(5-10)17-9-16-11/h1-2,5H,3-4,6-7,9H2. The van der Waals surface area contributed by atoms with E-state index in [-0.39, 0.29) is 5.41 Å². The van der Waals surface area contributed by atoms with Crippen LogP contribution in [0.5, 0.6) is 11.5 Å². The highest BCUT2D eigenvalue weighted by Crippen LogP contribution is 2.68. The number of hydrogen-bond donors (Lipinski definition) is 0. The van der Waals surface area contributed by atoms with Gasteiger partial charge in [-0.15, -0.1) is 0 Å². The molecule has 1 aromatic rings. The smallest absolute Gasteiger partial charge is 0.231 e. The van der Waals surface area contributed by atoms with E-state index < -0.39 is 0 Å². The average molecular weight is 227 g/mol. The molecule has 17 heavy (non-hydrogen) atoms. The van der Waals surface area contributed by atoms with Gasteiger partial charge in [-0.3, -0.25) is 0 Å². The lowest BCUT2D eigenvalue weighted by Crippen LogP contribution is -2.41. The highest BCUT2D eigenvalue weighted by Gasteiger charge is 2.62. The second kappa shape index (κ2) is 2.76. The van der Waals surface area contributed by atoms with E-state index in [1.807, 2.05) is 18.2 Å². The first-order valence-corrected chi connectivity index (χ1v) is 6.07. The van der Waals surface area contributed by atoms with Crippen LogP contribution in [0.1, 0.15) is 31.2 Å². The minimum Gasteiger partial charge on any atom is -0.454 e. The third-order valence-electron chi connectivity index (χ3n) is 4.45. The number of benzene rings is 1. The lowest BCUT2D eigenvalue weighted by Gasteiger charge is -2.43. The Labute approximate surface area is 100.0 Å². The van der Waals surface area contributed by atoms with Crippen molar-refractivity contribution in [3.05, 3.63) is 23.8 Å². The number of hydrogen-bond acceptors (Lipinski definition) is 3. The van der Waals surface area contributed by atoms with Gasteiger partial charge in [-0.1, -0.05) is 6.07 Å². The predicted molar refractivity (Wildman–Crippen MR) is 60.8 cm³/mol. The first-order valence-electron chi connectivity index (χ1n) is 6.07. The number of nitrogens with zero attached hydrogens (tertiary/aromatic N) is 1. The van der Waals surface area contributed by atoms with Crippen LogP contribution in [0.4, 0.5) is 0 Å². The van der Waals surface area contributed by atoms with Crippen LogP contribution >= 0.6 is 0 Å². The highest BCUT2D eigenvalue weighted by atomic mass is 16.7. The molecule has 0 aromatic heterocycles. The van der Waals surface area contributed by atoms with Crippen LogP contribution < -0.4 is 9.47 Å².